The predicted molar refractivity (Wildman–Crippen MR) is 119 cm³/mol. The number of carbonyl (C=O) groups excluding carboxylic acids is 4. The van der Waals surface area contributed by atoms with Crippen LogP contribution in [0.2, 0.25) is 0 Å². The van der Waals surface area contributed by atoms with Gasteiger partial charge in [0, 0.05) is 16.1 Å². The summed E-state index contributed by atoms with van der Waals surface area (Å²) in [4.78, 5) is 51.6. The molecule has 8 nitrogen and oxygen atoms in total. The van der Waals surface area contributed by atoms with E-state index in [-0.39, 0.29) is 18.9 Å². The molecule has 164 valence electrons. The summed E-state index contributed by atoms with van der Waals surface area (Å²) in [7, 11) is 0. The van der Waals surface area contributed by atoms with Crippen LogP contribution in [0.4, 0.5) is 10.5 Å². The molecule has 0 saturated carbocycles. The van der Waals surface area contributed by atoms with Crippen molar-refractivity contribution in [2.24, 2.45) is 0 Å². The van der Waals surface area contributed by atoms with Crippen LogP contribution in [-0.4, -0.2) is 48.0 Å². The molecule has 0 bridgehead atoms. The van der Waals surface area contributed by atoms with Gasteiger partial charge in [-0.05, 0) is 55.1 Å². The number of carbonyl (C=O) groups is 4. The number of Topliss-reactive ketones (excluding diaryl/α,β-unsaturated/α-hetero) is 1. The number of urea groups is 1. The number of ether oxygens (including phenoxy) is 1. The molecule has 0 fully saturated rings. The molecule has 32 heavy (non-hydrogen) atoms. The summed E-state index contributed by atoms with van der Waals surface area (Å²) in [6.45, 7) is 1.11. The predicted octanol–water partition coefficient (Wildman–Crippen LogP) is 3.13. The number of hydrogen-bond donors (Lipinski definition) is 2. The highest BCUT2D eigenvalue weighted by atomic mass is 32.2. The number of nitrogens with one attached hydrogen (secondary N) is 2. The van der Waals surface area contributed by atoms with Crippen molar-refractivity contribution in [3.63, 3.8) is 0 Å². The molecule has 2 aliphatic rings. The Bertz CT molecular complexity index is 1130. The highest BCUT2D eigenvalue weighted by molar-refractivity contribution is 7.98. The minimum Gasteiger partial charge on any atom is -0.456 e. The Morgan fingerprint density at radius 1 is 1.12 bits per heavy atom. The monoisotopic (exact) mass is 451 g/mol. The van der Waals surface area contributed by atoms with Crippen LogP contribution in [0.15, 0.2) is 64.7 Å². The average molecular weight is 452 g/mol. The smallest absolute Gasteiger partial charge is 0.338 e. The Labute approximate surface area is 189 Å². The van der Waals surface area contributed by atoms with Gasteiger partial charge in [-0.15, -0.1) is 11.8 Å². The molecule has 0 radical (unpaired) electrons. The first-order valence-corrected chi connectivity index (χ1v) is 11.1. The molecule has 9 heteroatoms. The molecule has 2 aromatic rings. The number of cyclic esters (lactones) is 1. The summed E-state index contributed by atoms with van der Waals surface area (Å²) in [6.07, 6.45) is 1.97. The fourth-order valence-electron chi connectivity index (χ4n) is 3.66. The maximum atomic E-state index is 12.9. The average Bonchev–Trinajstić information content (AvgIpc) is 3.17. The number of rotatable bonds is 6. The van der Waals surface area contributed by atoms with Crippen LogP contribution in [0.25, 0.3) is 0 Å². The Hall–Kier alpha value is -3.59. The van der Waals surface area contributed by atoms with Gasteiger partial charge in [0.25, 0.3) is 0 Å². The lowest BCUT2D eigenvalue weighted by Gasteiger charge is -2.32. The number of anilines is 1. The van der Waals surface area contributed by atoms with Crippen molar-refractivity contribution in [1.82, 2.24) is 10.2 Å². The molecular formula is C23H21N3O5S. The summed E-state index contributed by atoms with van der Waals surface area (Å²) in [5, 5.41) is 5.52. The molecule has 0 saturated heterocycles. The molecule has 0 aromatic heterocycles. The van der Waals surface area contributed by atoms with E-state index in [9.17, 15) is 19.2 Å². The van der Waals surface area contributed by atoms with Gasteiger partial charge >= 0.3 is 12.0 Å². The van der Waals surface area contributed by atoms with Crippen molar-refractivity contribution in [2.75, 3.05) is 24.7 Å². The van der Waals surface area contributed by atoms with E-state index in [2.05, 4.69) is 10.6 Å². The standard InChI is InChI=1S/C23H21N3O5S/c1-13(27)14-3-7-16(8-4-14)24-19(28)11-26-18-12-31-22(29)20(18)21(25-23(26)30)15-5-9-17(32-2)10-6-15/h3-10,21H,11-12H2,1-2H3,(H,24,28)(H,25,30)/t21-/m0/s1. The van der Waals surface area contributed by atoms with E-state index < -0.39 is 23.9 Å². The van der Waals surface area contributed by atoms with Gasteiger partial charge in [0.1, 0.15) is 13.2 Å². The molecule has 3 amide bonds. The van der Waals surface area contributed by atoms with E-state index in [0.717, 1.165) is 10.5 Å². The Balaban J connectivity index is 1.54. The highest BCUT2D eigenvalue weighted by Crippen LogP contribution is 2.35. The van der Waals surface area contributed by atoms with Crippen LogP contribution >= 0.6 is 11.8 Å². The van der Waals surface area contributed by atoms with Gasteiger partial charge in [-0.2, -0.15) is 0 Å². The number of benzene rings is 2. The third-order valence-electron chi connectivity index (χ3n) is 5.32. The molecule has 2 N–H and O–H groups in total. The van der Waals surface area contributed by atoms with E-state index in [1.165, 1.54) is 11.8 Å². The van der Waals surface area contributed by atoms with Gasteiger partial charge in [0.15, 0.2) is 5.78 Å². The topological polar surface area (TPSA) is 105 Å². The van der Waals surface area contributed by atoms with Gasteiger partial charge in [-0.3, -0.25) is 14.5 Å². The van der Waals surface area contributed by atoms with Gasteiger partial charge in [-0.1, -0.05) is 12.1 Å². The van der Waals surface area contributed by atoms with Crippen molar-refractivity contribution in [2.45, 2.75) is 17.9 Å². The van der Waals surface area contributed by atoms with Gasteiger partial charge < -0.3 is 15.4 Å². The molecular weight excluding hydrogens is 430 g/mol. The van der Waals surface area contributed by atoms with Crippen LogP contribution in [0.1, 0.15) is 28.9 Å². The fraction of sp³-hybridized carbons (Fsp3) is 0.217. The molecule has 2 heterocycles. The zero-order valence-electron chi connectivity index (χ0n) is 17.5. The summed E-state index contributed by atoms with van der Waals surface area (Å²) in [5.41, 5.74) is 2.51. The van der Waals surface area contributed by atoms with Crippen LogP contribution < -0.4 is 10.6 Å². The van der Waals surface area contributed by atoms with Gasteiger partial charge in [0.05, 0.1) is 17.3 Å². The molecule has 0 spiro atoms. The van der Waals surface area contributed by atoms with Crippen LogP contribution in [-0.2, 0) is 14.3 Å². The second kappa shape index (κ2) is 8.88. The first-order chi connectivity index (χ1) is 15.4. The molecule has 0 unspecified atom stereocenters. The number of hydrogen-bond acceptors (Lipinski definition) is 6. The van der Waals surface area contributed by atoms with Crippen molar-refractivity contribution >= 4 is 41.1 Å². The summed E-state index contributed by atoms with van der Waals surface area (Å²) >= 11 is 1.59. The highest BCUT2D eigenvalue weighted by Gasteiger charge is 2.42. The third-order valence-corrected chi connectivity index (χ3v) is 6.07. The lowest BCUT2D eigenvalue weighted by Crippen LogP contribution is -2.49. The van der Waals surface area contributed by atoms with E-state index in [1.807, 2.05) is 30.5 Å². The van der Waals surface area contributed by atoms with Crippen molar-refractivity contribution in [1.29, 1.82) is 0 Å². The van der Waals surface area contributed by atoms with Crippen LogP contribution in [0.5, 0.6) is 0 Å². The lowest BCUT2D eigenvalue weighted by molar-refractivity contribution is -0.136. The Morgan fingerprint density at radius 3 is 2.44 bits per heavy atom. The number of esters is 1. The summed E-state index contributed by atoms with van der Waals surface area (Å²) in [5.74, 6) is -1.02. The normalized spacial score (nSPS) is 17.6. The molecule has 4 rings (SSSR count). The number of amides is 3. The molecule has 0 aliphatic carbocycles. The minimum atomic E-state index is -0.637. The first kappa shape index (κ1) is 21.6. The summed E-state index contributed by atoms with van der Waals surface area (Å²) in [6, 6.07) is 12.9. The van der Waals surface area contributed by atoms with Gasteiger partial charge in [-0.25, -0.2) is 9.59 Å². The molecule has 2 aromatic carbocycles. The minimum absolute atomic E-state index is 0.0679. The number of thioether (sulfide) groups is 1. The Morgan fingerprint density at radius 2 is 1.81 bits per heavy atom. The maximum absolute atomic E-state index is 12.9. The summed E-state index contributed by atoms with van der Waals surface area (Å²) < 4.78 is 5.20. The van der Waals surface area contributed by atoms with Crippen LogP contribution in [0, 0.1) is 0 Å². The second-order valence-electron chi connectivity index (χ2n) is 7.36. The van der Waals surface area contributed by atoms with E-state index >= 15 is 0 Å². The Kier molecular flexibility index (Phi) is 6.00. The van der Waals surface area contributed by atoms with E-state index in [1.54, 1.807) is 36.0 Å². The fourth-order valence-corrected chi connectivity index (χ4v) is 4.07. The van der Waals surface area contributed by atoms with Crippen molar-refractivity contribution in [3.8, 4) is 0 Å². The first-order valence-electron chi connectivity index (χ1n) is 9.90. The largest absolute Gasteiger partial charge is 0.456 e. The third kappa shape index (κ3) is 4.24. The lowest BCUT2D eigenvalue weighted by atomic mass is 9.96. The maximum Gasteiger partial charge on any atom is 0.338 e. The zero-order valence-corrected chi connectivity index (χ0v) is 18.3. The zero-order chi connectivity index (χ0) is 22.8. The molecule has 1 atom stereocenters. The number of nitrogens with zero attached hydrogens (tertiary/aromatic N) is 1. The van der Waals surface area contributed by atoms with E-state index in [0.29, 0.717) is 22.5 Å². The number of ketones is 1. The van der Waals surface area contributed by atoms with Crippen LogP contribution in [0.3, 0.4) is 0 Å². The van der Waals surface area contributed by atoms with Crippen molar-refractivity contribution in [3.05, 3.63) is 70.9 Å². The SMILES string of the molecule is CSc1ccc([C@@H]2NC(=O)N(CC(=O)Nc3ccc(C(C)=O)cc3)C3=C2C(=O)OC3)cc1. The quantitative estimate of drug-likeness (QED) is 0.397. The van der Waals surface area contributed by atoms with E-state index in [4.69, 9.17) is 4.74 Å². The second-order valence-corrected chi connectivity index (χ2v) is 8.24. The molecule has 2 aliphatic heterocycles. The van der Waals surface area contributed by atoms with Gasteiger partial charge in [0.2, 0.25) is 5.91 Å². The van der Waals surface area contributed by atoms with Crippen molar-refractivity contribution < 1.29 is 23.9 Å².